The van der Waals surface area contributed by atoms with Crippen molar-refractivity contribution in [1.29, 1.82) is 0 Å². The average Bonchev–Trinajstić information content (AvgIpc) is 2.90. The molecule has 0 saturated heterocycles. The zero-order valence-electron chi connectivity index (χ0n) is 11.2. The second kappa shape index (κ2) is 5.80. The van der Waals surface area contributed by atoms with Gasteiger partial charge in [0.2, 0.25) is 0 Å². The molecule has 0 fully saturated rings. The molecule has 0 saturated carbocycles. The summed E-state index contributed by atoms with van der Waals surface area (Å²) in [4.78, 5) is 0. The number of nitrogens with one attached hydrogen (secondary N) is 1. The Hall–Kier alpha value is -2.26. The molecule has 20 heavy (non-hydrogen) atoms. The minimum atomic E-state index is 0.188. The van der Waals surface area contributed by atoms with Crippen LogP contribution in [0.3, 0.4) is 0 Å². The third-order valence-corrected chi connectivity index (χ3v) is 3.40. The van der Waals surface area contributed by atoms with Crippen LogP contribution in [-0.4, -0.2) is 11.7 Å². The van der Waals surface area contributed by atoms with Crippen molar-refractivity contribution in [1.82, 2.24) is 0 Å². The second-order valence-corrected chi connectivity index (χ2v) is 4.78. The lowest BCUT2D eigenvalue weighted by Crippen LogP contribution is -1.99. The third-order valence-electron chi connectivity index (χ3n) is 3.40. The average molecular weight is 267 g/mol. The predicted octanol–water partition coefficient (Wildman–Crippen LogP) is 3.58. The molecule has 0 aliphatic carbocycles. The van der Waals surface area contributed by atoms with Gasteiger partial charge in [-0.05, 0) is 30.2 Å². The summed E-state index contributed by atoms with van der Waals surface area (Å²) in [7, 11) is 0. The van der Waals surface area contributed by atoms with Gasteiger partial charge in [-0.2, -0.15) is 0 Å². The summed E-state index contributed by atoms with van der Waals surface area (Å²) in [6.07, 6.45) is 2.50. The molecule has 0 aliphatic heterocycles. The van der Waals surface area contributed by atoms with Gasteiger partial charge in [-0.15, -0.1) is 0 Å². The molecule has 0 amide bonds. The third kappa shape index (κ3) is 2.68. The van der Waals surface area contributed by atoms with Gasteiger partial charge in [-0.1, -0.05) is 30.3 Å². The molecule has 3 aromatic rings. The molecule has 3 rings (SSSR count). The fraction of sp³-hybridized carbons (Fsp3) is 0.176. The highest BCUT2D eigenvalue weighted by Gasteiger charge is 2.04. The molecule has 2 aromatic carbocycles. The Balaban J connectivity index is 1.69. The number of fused-ring (bicyclic) bond motifs is 1. The van der Waals surface area contributed by atoms with Gasteiger partial charge >= 0.3 is 0 Å². The number of rotatable bonds is 5. The van der Waals surface area contributed by atoms with E-state index in [9.17, 15) is 0 Å². The largest absolute Gasteiger partial charge is 0.464 e. The lowest BCUT2D eigenvalue weighted by Gasteiger charge is -2.06. The first-order valence-corrected chi connectivity index (χ1v) is 6.75. The first-order valence-electron chi connectivity index (χ1n) is 6.75. The normalized spacial score (nSPS) is 10.8. The van der Waals surface area contributed by atoms with Crippen molar-refractivity contribution in [3.05, 3.63) is 65.9 Å². The molecule has 102 valence electrons. The number of aliphatic hydroxyl groups excluding tert-OH is 1. The van der Waals surface area contributed by atoms with Crippen molar-refractivity contribution in [2.75, 3.05) is 11.9 Å². The number of para-hydroxylation sites is 1. The molecule has 3 nitrogen and oxygen atoms in total. The standard InChI is InChI=1S/C17H17NO2/c19-10-9-13-5-7-15(8-6-13)18-11-14-12-20-17-4-2-1-3-16(14)17/h1-8,12,18-19H,9-11H2. The van der Waals surface area contributed by atoms with Crippen molar-refractivity contribution >= 4 is 16.7 Å². The van der Waals surface area contributed by atoms with Crippen LogP contribution in [0, 0.1) is 0 Å². The minimum absolute atomic E-state index is 0.188. The van der Waals surface area contributed by atoms with Crippen molar-refractivity contribution in [3.8, 4) is 0 Å². The smallest absolute Gasteiger partial charge is 0.134 e. The van der Waals surface area contributed by atoms with Crippen LogP contribution < -0.4 is 5.32 Å². The molecular formula is C17H17NO2. The molecule has 1 heterocycles. The van der Waals surface area contributed by atoms with E-state index in [0.717, 1.165) is 34.3 Å². The van der Waals surface area contributed by atoms with Gasteiger partial charge < -0.3 is 14.8 Å². The summed E-state index contributed by atoms with van der Waals surface area (Å²) < 4.78 is 5.52. The Morgan fingerprint density at radius 3 is 2.60 bits per heavy atom. The molecule has 0 spiro atoms. The van der Waals surface area contributed by atoms with Crippen LogP contribution in [-0.2, 0) is 13.0 Å². The number of anilines is 1. The maximum absolute atomic E-state index is 8.89. The molecule has 3 heteroatoms. The predicted molar refractivity (Wildman–Crippen MR) is 80.8 cm³/mol. The fourth-order valence-electron chi connectivity index (χ4n) is 2.29. The SMILES string of the molecule is OCCc1ccc(NCc2coc3ccccc23)cc1. The highest BCUT2D eigenvalue weighted by Crippen LogP contribution is 2.21. The summed E-state index contributed by atoms with van der Waals surface area (Å²) in [5.74, 6) is 0. The summed E-state index contributed by atoms with van der Waals surface area (Å²) in [6, 6.07) is 16.2. The van der Waals surface area contributed by atoms with Crippen molar-refractivity contribution in [3.63, 3.8) is 0 Å². The molecular weight excluding hydrogens is 250 g/mol. The molecule has 0 radical (unpaired) electrons. The molecule has 0 aliphatic rings. The molecule has 2 N–H and O–H groups in total. The van der Waals surface area contributed by atoms with E-state index in [-0.39, 0.29) is 6.61 Å². The number of hydrogen-bond acceptors (Lipinski definition) is 3. The van der Waals surface area contributed by atoms with E-state index in [1.54, 1.807) is 6.26 Å². The zero-order valence-corrected chi connectivity index (χ0v) is 11.2. The van der Waals surface area contributed by atoms with Crippen molar-refractivity contribution in [2.24, 2.45) is 0 Å². The monoisotopic (exact) mass is 267 g/mol. The quantitative estimate of drug-likeness (QED) is 0.742. The van der Waals surface area contributed by atoms with Gasteiger partial charge in [-0.25, -0.2) is 0 Å². The van der Waals surface area contributed by atoms with Gasteiger partial charge in [0.15, 0.2) is 0 Å². The van der Waals surface area contributed by atoms with Gasteiger partial charge in [-0.3, -0.25) is 0 Å². The van der Waals surface area contributed by atoms with Crippen LogP contribution in [0.4, 0.5) is 5.69 Å². The number of benzene rings is 2. The Morgan fingerprint density at radius 1 is 1.00 bits per heavy atom. The van der Waals surface area contributed by atoms with Crippen LogP contribution >= 0.6 is 0 Å². The van der Waals surface area contributed by atoms with Crippen LogP contribution in [0.25, 0.3) is 11.0 Å². The Bertz CT molecular complexity index is 686. The van der Waals surface area contributed by atoms with Gasteiger partial charge in [0, 0.05) is 29.8 Å². The summed E-state index contributed by atoms with van der Waals surface area (Å²) in [5.41, 5.74) is 4.28. The number of aliphatic hydroxyl groups is 1. The highest BCUT2D eigenvalue weighted by atomic mass is 16.3. The molecule has 0 bridgehead atoms. The number of furan rings is 1. The maximum atomic E-state index is 8.89. The lowest BCUT2D eigenvalue weighted by atomic mass is 10.1. The fourth-order valence-corrected chi connectivity index (χ4v) is 2.29. The molecule has 0 unspecified atom stereocenters. The Labute approximate surface area is 117 Å². The first kappa shape index (κ1) is 12.8. The van der Waals surface area contributed by atoms with Crippen LogP contribution in [0.5, 0.6) is 0 Å². The zero-order chi connectivity index (χ0) is 13.8. The Morgan fingerprint density at radius 2 is 1.80 bits per heavy atom. The van der Waals surface area contributed by atoms with E-state index < -0.39 is 0 Å². The van der Waals surface area contributed by atoms with E-state index >= 15 is 0 Å². The summed E-state index contributed by atoms with van der Waals surface area (Å²) in [5, 5.41) is 13.4. The van der Waals surface area contributed by atoms with Gasteiger partial charge in [0.05, 0.1) is 6.26 Å². The second-order valence-electron chi connectivity index (χ2n) is 4.78. The van der Waals surface area contributed by atoms with Crippen molar-refractivity contribution < 1.29 is 9.52 Å². The van der Waals surface area contributed by atoms with Gasteiger partial charge in [0.1, 0.15) is 5.58 Å². The maximum Gasteiger partial charge on any atom is 0.134 e. The van der Waals surface area contributed by atoms with E-state index in [1.807, 2.05) is 42.5 Å². The van der Waals surface area contributed by atoms with Crippen molar-refractivity contribution in [2.45, 2.75) is 13.0 Å². The van der Waals surface area contributed by atoms with E-state index in [0.29, 0.717) is 6.42 Å². The first-order chi connectivity index (χ1) is 9.86. The lowest BCUT2D eigenvalue weighted by molar-refractivity contribution is 0.299. The van der Waals surface area contributed by atoms with E-state index in [4.69, 9.17) is 9.52 Å². The van der Waals surface area contributed by atoms with E-state index in [2.05, 4.69) is 11.4 Å². The van der Waals surface area contributed by atoms with Crippen LogP contribution in [0.15, 0.2) is 59.2 Å². The van der Waals surface area contributed by atoms with Crippen LogP contribution in [0.2, 0.25) is 0 Å². The van der Waals surface area contributed by atoms with E-state index in [1.165, 1.54) is 0 Å². The summed E-state index contributed by atoms with van der Waals surface area (Å²) in [6.45, 7) is 0.921. The molecule has 0 atom stereocenters. The Kier molecular flexibility index (Phi) is 3.70. The topological polar surface area (TPSA) is 45.4 Å². The summed E-state index contributed by atoms with van der Waals surface area (Å²) >= 11 is 0. The number of hydrogen-bond donors (Lipinski definition) is 2. The highest BCUT2D eigenvalue weighted by molar-refractivity contribution is 5.81. The van der Waals surface area contributed by atoms with Gasteiger partial charge in [0.25, 0.3) is 0 Å². The van der Waals surface area contributed by atoms with Crippen LogP contribution in [0.1, 0.15) is 11.1 Å². The molecule has 1 aromatic heterocycles. The minimum Gasteiger partial charge on any atom is -0.464 e.